The summed E-state index contributed by atoms with van der Waals surface area (Å²) in [5.74, 6) is -0.109. The van der Waals surface area contributed by atoms with Gasteiger partial charge in [0.1, 0.15) is 0 Å². The van der Waals surface area contributed by atoms with E-state index in [4.69, 9.17) is 4.74 Å². The summed E-state index contributed by atoms with van der Waals surface area (Å²) in [6, 6.07) is 0. The van der Waals surface area contributed by atoms with E-state index in [9.17, 15) is 4.79 Å². The van der Waals surface area contributed by atoms with Crippen LogP contribution < -0.4 is 0 Å². The number of carbonyl (C=O) groups excluding carboxylic acids is 1. The van der Waals surface area contributed by atoms with Gasteiger partial charge in [0.05, 0.1) is 13.0 Å². The van der Waals surface area contributed by atoms with Gasteiger partial charge >= 0.3 is 5.97 Å². The largest absolute Gasteiger partial charge is 0.466 e. The first-order valence-electron chi connectivity index (χ1n) is 3.77. The summed E-state index contributed by atoms with van der Waals surface area (Å²) in [6.45, 7) is 6.08. The molecule has 0 rings (SSSR count). The van der Waals surface area contributed by atoms with E-state index in [1.165, 1.54) is 0 Å². The number of hydrogen-bond acceptors (Lipinski definition) is 3. The number of esters is 1. The molecule has 4 heteroatoms. The zero-order chi connectivity index (χ0) is 8.69. The van der Waals surface area contributed by atoms with Crippen LogP contribution in [-0.2, 0) is 9.53 Å². The fourth-order valence-corrected chi connectivity index (χ4v) is 0.845. The fraction of sp³-hybridized carbons (Fsp3) is 0.857. The number of rotatable bonds is 5. The number of halogens is 1. The second kappa shape index (κ2) is 6.84. The van der Waals surface area contributed by atoms with Gasteiger partial charge in [-0.25, -0.2) is 3.11 Å². The van der Waals surface area contributed by atoms with E-state index < -0.39 is 0 Å². The van der Waals surface area contributed by atoms with Gasteiger partial charge in [0, 0.05) is 36.0 Å². The highest BCUT2D eigenvalue weighted by Crippen LogP contribution is 1.99. The van der Waals surface area contributed by atoms with Crippen molar-refractivity contribution in [3.63, 3.8) is 0 Å². The summed E-state index contributed by atoms with van der Waals surface area (Å²) in [7, 11) is 0. The molecule has 0 aliphatic carbocycles. The molecule has 0 aromatic carbocycles. The normalized spacial score (nSPS) is 10.2. The van der Waals surface area contributed by atoms with Gasteiger partial charge in [-0.1, -0.05) is 6.92 Å². The zero-order valence-corrected chi connectivity index (χ0v) is 9.13. The molecule has 0 radical (unpaired) electrons. The van der Waals surface area contributed by atoms with Crippen LogP contribution in [-0.4, -0.2) is 28.8 Å². The van der Waals surface area contributed by atoms with E-state index >= 15 is 0 Å². The van der Waals surface area contributed by atoms with Gasteiger partial charge in [0.15, 0.2) is 0 Å². The summed E-state index contributed by atoms with van der Waals surface area (Å²) in [5, 5.41) is 0. The molecule has 0 aliphatic rings. The lowest BCUT2D eigenvalue weighted by Crippen LogP contribution is -2.16. The second-order valence-electron chi connectivity index (χ2n) is 2.06. The Bertz CT molecular complexity index is 119. The molecule has 0 fully saturated rings. The van der Waals surface area contributed by atoms with Crippen LogP contribution >= 0.6 is 22.9 Å². The Balaban J connectivity index is 3.30. The number of ether oxygens (including phenoxy) is 1. The maximum Gasteiger partial charge on any atom is 0.307 e. The van der Waals surface area contributed by atoms with Crippen molar-refractivity contribution in [2.75, 3.05) is 19.7 Å². The number of nitrogens with zero attached hydrogens (tertiary/aromatic N) is 1. The molecule has 0 spiro atoms. The van der Waals surface area contributed by atoms with E-state index in [1.54, 1.807) is 0 Å². The Labute approximate surface area is 81.6 Å². The molecule has 0 aromatic rings. The van der Waals surface area contributed by atoms with Gasteiger partial charge in [0.2, 0.25) is 0 Å². The van der Waals surface area contributed by atoms with Crippen molar-refractivity contribution in [1.29, 1.82) is 0 Å². The Morgan fingerprint density at radius 2 is 2.18 bits per heavy atom. The lowest BCUT2D eigenvalue weighted by atomic mass is 10.4. The van der Waals surface area contributed by atoms with Crippen LogP contribution in [0.15, 0.2) is 0 Å². The summed E-state index contributed by atoms with van der Waals surface area (Å²) in [5.41, 5.74) is 0. The molecule has 0 heterocycles. The minimum absolute atomic E-state index is 0.109. The van der Waals surface area contributed by atoms with Crippen LogP contribution in [0.4, 0.5) is 0 Å². The van der Waals surface area contributed by atoms with E-state index in [-0.39, 0.29) is 5.97 Å². The third-order valence-corrected chi connectivity index (χ3v) is 2.37. The maximum absolute atomic E-state index is 10.8. The molecular formula is C7H14INO2. The third kappa shape index (κ3) is 6.55. The Hall–Kier alpha value is 0.160. The van der Waals surface area contributed by atoms with Crippen molar-refractivity contribution >= 4 is 28.8 Å². The highest BCUT2D eigenvalue weighted by atomic mass is 127. The molecule has 0 N–H and O–H groups in total. The first kappa shape index (κ1) is 11.2. The van der Waals surface area contributed by atoms with Crippen molar-refractivity contribution in [3.05, 3.63) is 0 Å². The molecule has 66 valence electrons. The molecule has 0 bridgehead atoms. The van der Waals surface area contributed by atoms with Gasteiger partial charge in [-0.2, -0.15) is 0 Å². The van der Waals surface area contributed by atoms with Gasteiger partial charge in [-0.15, -0.1) is 0 Å². The molecule has 0 unspecified atom stereocenters. The molecular weight excluding hydrogens is 257 g/mol. The predicted molar refractivity (Wildman–Crippen MR) is 52.5 cm³/mol. The average molecular weight is 271 g/mol. The Morgan fingerprint density at radius 3 is 2.64 bits per heavy atom. The Morgan fingerprint density at radius 1 is 1.55 bits per heavy atom. The SMILES string of the molecule is CCOC(=O)CCN(I)CC. The molecule has 3 nitrogen and oxygen atoms in total. The van der Waals surface area contributed by atoms with Crippen molar-refractivity contribution < 1.29 is 9.53 Å². The molecule has 0 saturated carbocycles. The Kier molecular flexibility index (Phi) is 6.94. The van der Waals surface area contributed by atoms with Gasteiger partial charge in [-0.05, 0) is 6.92 Å². The van der Waals surface area contributed by atoms with E-state index in [1.807, 2.05) is 6.92 Å². The topological polar surface area (TPSA) is 29.5 Å². The van der Waals surface area contributed by atoms with Gasteiger partial charge in [-0.3, -0.25) is 4.79 Å². The summed E-state index contributed by atoms with van der Waals surface area (Å²) < 4.78 is 6.82. The van der Waals surface area contributed by atoms with Gasteiger partial charge < -0.3 is 4.74 Å². The fourth-order valence-electron chi connectivity index (χ4n) is 0.604. The highest BCUT2D eigenvalue weighted by molar-refractivity contribution is 14.1. The number of carbonyl (C=O) groups is 1. The van der Waals surface area contributed by atoms with Crippen molar-refractivity contribution in [2.45, 2.75) is 20.3 Å². The van der Waals surface area contributed by atoms with Crippen LogP contribution in [0.2, 0.25) is 0 Å². The zero-order valence-electron chi connectivity index (χ0n) is 6.97. The molecule has 0 aliphatic heterocycles. The van der Waals surface area contributed by atoms with Crippen molar-refractivity contribution in [1.82, 2.24) is 3.11 Å². The molecule has 0 atom stereocenters. The van der Waals surface area contributed by atoms with E-state index in [0.717, 1.165) is 13.1 Å². The molecule has 11 heavy (non-hydrogen) atoms. The van der Waals surface area contributed by atoms with Crippen molar-refractivity contribution in [2.24, 2.45) is 0 Å². The van der Waals surface area contributed by atoms with Crippen LogP contribution in [0.25, 0.3) is 0 Å². The third-order valence-electron chi connectivity index (χ3n) is 1.21. The average Bonchev–Trinajstić information content (AvgIpc) is 2.01. The van der Waals surface area contributed by atoms with E-state index in [0.29, 0.717) is 13.0 Å². The van der Waals surface area contributed by atoms with Crippen molar-refractivity contribution in [3.8, 4) is 0 Å². The minimum atomic E-state index is -0.109. The quantitative estimate of drug-likeness (QED) is 0.432. The van der Waals surface area contributed by atoms with Gasteiger partial charge in [0.25, 0.3) is 0 Å². The van der Waals surface area contributed by atoms with Crippen LogP contribution in [0.3, 0.4) is 0 Å². The summed E-state index contributed by atoms with van der Waals surface area (Å²) in [6.07, 6.45) is 0.491. The van der Waals surface area contributed by atoms with Crippen LogP contribution in [0.1, 0.15) is 20.3 Å². The van der Waals surface area contributed by atoms with Crippen LogP contribution in [0, 0.1) is 0 Å². The molecule has 0 amide bonds. The lowest BCUT2D eigenvalue weighted by Gasteiger charge is -2.09. The maximum atomic E-state index is 10.8. The monoisotopic (exact) mass is 271 g/mol. The summed E-state index contributed by atoms with van der Waals surface area (Å²) >= 11 is 2.19. The first-order valence-corrected chi connectivity index (χ1v) is 4.73. The minimum Gasteiger partial charge on any atom is -0.466 e. The molecule has 0 saturated heterocycles. The lowest BCUT2D eigenvalue weighted by molar-refractivity contribution is -0.143. The first-order chi connectivity index (χ1) is 5.20. The van der Waals surface area contributed by atoms with E-state index in [2.05, 4.69) is 32.9 Å². The van der Waals surface area contributed by atoms with Crippen LogP contribution in [0.5, 0.6) is 0 Å². The highest BCUT2D eigenvalue weighted by Gasteiger charge is 2.03. The predicted octanol–water partition coefficient (Wildman–Crippen LogP) is 1.61. The smallest absolute Gasteiger partial charge is 0.307 e. The standard InChI is InChI=1S/C7H14INO2/c1-3-9(8)6-5-7(10)11-4-2/h3-6H2,1-2H3. The number of hydrogen-bond donors (Lipinski definition) is 0. The summed E-state index contributed by atoms with van der Waals surface area (Å²) in [4.78, 5) is 10.8. The molecule has 0 aromatic heterocycles. The second-order valence-corrected chi connectivity index (χ2v) is 3.42.